The molecule has 0 aliphatic carbocycles. The fourth-order valence-corrected chi connectivity index (χ4v) is 3.92. The molecule has 0 atom stereocenters. The highest BCUT2D eigenvalue weighted by Gasteiger charge is 2.28. The van der Waals surface area contributed by atoms with Gasteiger partial charge >= 0.3 is 0 Å². The molecular weight excluding hydrogens is 419 g/mol. The Labute approximate surface area is 192 Å². The van der Waals surface area contributed by atoms with Gasteiger partial charge in [0.25, 0.3) is 5.91 Å². The molecule has 1 aliphatic rings. The summed E-state index contributed by atoms with van der Waals surface area (Å²) < 4.78 is 18.5. The fraction of sp³-hybridized carbons (Fsp3) is 0.185. The van der Waals surface area contributed by atoms with E-state index in [0.29, 0.717) is 16.8 Å². The standard InChI is InChI=1S/C27H25FN2O3/c1-27(2)16-19-9-12-22(33-3)14-23(19)24(30-27)15-25(31)18-5-4-6-21(13-18)29-26(32)17-7-10-20(28)11-8-17/h4-15,30H,16H2,1-3H3,(H,29,32)/b24-15-. The minimum absolute atomic E-state index is 0.193. The molecular formula is C27H25FN2O3. The van der Waals surface area contributed by atoms with Crippen LogP contribution in [0.4, 0.5) is 10.1 Å². The zero-order valence-corrected chi connectivity index (χ0v) is 18.7. The number of anilines is 1. The molecule has 5 nitrogen and oxygen atoms in total. The Morgan fingerprint density at radius 3 is 2.52 bits per heavy atom. The van der Waals surface area contributed by atoms with Gasteiger partial charge in [0.2, 0.25) is 0 Å². The molecule has 1 aliphatic heterocycles. The van der Waals surface area contributed by atoms with Crippen molar-refractivity contribution < 1.29 is 18.7 Å². The third-order valence-electron chi connectivity index (χ3n) is 5.50. The van der Waals surface area contributed by atoms with Gasteiger partial charge in [0.1, 0.15) is 11.6 Å². The molecule has 0 saturated carbocycles. The number of hydrogen-bond acceptors (Lipinski definition) is 4. The maximum atomic E-state index is 13.1. The van der Waals surface area contributed by atoms with Crippen LogP contribution in [0.25, 0.3) is 5.70 Å². The van der Waals surface area contributed by atoms with Crippen molar-refractivity contribution in [2.24, 2.45) is 0 Å². The number of carbonyl (C=O) groups is 2. The summed E-state index contributed by atoms with van der Waals surface area (Å²) in [6.45, 7) is 4.17. The van der Waals surface area contributed by atoms with Crippen molar-refractivity contribution in [3.8, 4) is 5.75 Å². The lowest BCUT2D eigenvalue weighted by Crippen LogP contribution is -2.43. The van der Waals surface area contributed by atoms with Gasteiger partial charge in [-0.2, -0.15) is 0 Å². The van der Waals surface area contributed by atoms with E-state index in [1.54, 1.807) is 37.5 Å². The maximum absolute atomic E-state index is 13.1. The third-order valence-corrected chi connectivity index (χ3v) is 5.50. The number of rotatable bonds is 5. The predicted octanol–water partition coefficient (Wildman–Crippen LogP) is 5.23. The number of ether oxygens (including phenoxy) is 1. The molecule has 1 amide bonds. The molecule has 168 valence electrons. The van der Waals surface area contributed by atoms with Crippen LogP contribution in [0, 0.1) is 5.82 Å². The summed E-state index contributed by atoms with van der Waals surface area (Å²) in [7, 11) is 1.61. The Morgan fingerprint density at radius 1 is 1.03 bits per heavy atom. The normalized spacial score (nSPS) is 15.3. The van der Waals surface area contributed by atoms with Gasteiger partial charge in [0, 0.05) is 39.7 Å². The Hall–Kier alpha value is -3.93. The number of amides is 1. The minimum atomic E-state index is -0.411. The molecule has 4 rings (SSSR count). The van der Waals surface area contributed by atoms with E-state index < -0.39 is 5.82 Å². The summed E-state index contributed by atoms with van der Waals surface area (Å²) in [5.41, 5.74) is 3.84. The van der Waals surface area contributed by atoms with Crippen LogP contribution < -0.4 is 15.4 Å². The lowest BCUT2D eigenvalue weighted by molar-refractivity contribution is 0.102. The lowest BCUT2D eigenvalue weighted by Gasteiger charge is -2.35. The first-order chi connectivity index (χ1) is 15.7. The number of methoxy groups -OCH3 is 1. The number of ketones is 1. The van der Waals surface area contributed by atoms with Crippen molar-refractivity contribution in [1.82, 2.24) is 5.32 Å². The van der Waals surface area contributed by atoms with E-state index in [1.807, 2.05) is 18.2 Å². The molecule has 0 radical (unpaired) electrons. The van der Waals surface area contributed by atoms with Crippen molar-refractivity contribution in [3.05, 3.63) is 101 Å². The van der Waals surface area contributed by atoms with Crippen molar-refractivity contribution >= 4 is 23.1 Å². The quantitative estimate of drug-likeness (QED) is 0.418. The molecule has 1 heterocycles. The number of benzene rings is 3. The second kappa shape index (κ2) is 8.90. The molecule has 6 heteroatoms. The second-order valence-electron chi connectivity index (χ2n) is 8.67. The van der Waals surface area contributed by atoms with E-state index in [1.165, 1.54) is 24.3 Å². The average Bonchev–Trinajstić information content (AvgIpc) is 2.78. The molecule has 0 fully saturated rings. The van der Waals surface area contributed by atoms with Crippen LogP contribution in [0.3, 0.4) is 0 Å². The van der Waals surface area contributed by atoms with Crippen molar-refractivity contribution in [3.63, 3.8) is 0 Å². The summed E-state index contributed by atoms with van der Waals surface area (Å²) in [6.07, 6.45) is 2.41. The minimum Gasteiger partial charge on any atom is -0.497 e. The number of hydrogen-bond donors (Lipinski definition) is 2. The highest BCUT2D eigenvalue weighted by molar-refractivity contribution is 6.10. The molecule has 3 aromatic carbocycles. The SMILES string of the molecule is COc1ccc2c(c1)/C(=C/C(=O)c1cccc(NC(=O)c3ccc(F)cc3)c1)NC(C)(C)C2. The largest absolute Gasteiger partial charge is 0.497 e. The average molecular weight is 445 g/mol. The molecule has 0 aromatic heterocycles. The number of carbonyl (C=O) groups excluding carboxylic acids is 2. The van der Waals surface area contributed by atoms with Gasteiger partial charge in [-0.3, -0.25) is 9.59 Å². The first-order valence-electron chi connectivity index (χ1n) is 10.6. The highest BCUT2D eigenvalue weighted by atomic mass is 19.1. The summed E-state index contributed by atoms with van der Waals surface area (Å²) in [5.74, 6) is -0.262. The molecule has 2 N–H and O–H groups in total. The van der Waals surface area contributed by atoms with Crippen LogP contribution in [0.5, 0.6) is 5.75 Å². The van der Waals surface area contributed by atoms with E-state index in [-0.39, 0.29) is 17.2 Å². The molecule has 3 aromatic rings. The van der Waals surface area contributed by atoms with E-state index >= 15 is 0 Å². The van der Waals surface area contributed by atoms with Crippen LogP contribution in [0.2, 0.25) is 0 Å². The van der Waals surface area contributed by atoms with Crippen molar-refractivity contribution in [1.29, 1.82) is 0 Å². The van der Waals surface area contributed by atoms with Crippen LogP contribution in [0.15, 0.2) is 72.8 Å². The summed E-state index contributed by atoms with van der Waals surface area (Å²) >= 11 is 0. The first kappa shape index (κ1) is 22.3. The maximum Gasteiger partial charge on any atom is 0.255 e. The van der Waals surface area contributed by atoms with E-state index in [2.05, 4.69) is 24.5 Å². The monoisotopic (exact) mass is 444 g/mol. The van der Waals surface area contributed by atoms with Crippen LogP contribution >= 0.6 is 0 Å². The molecule has 33 heavy (non-hydrogen) atoms. The summed E-state index contributed by atoms with van der Waals surface area (Å²) in [5, 5.41) is 6.21. The molecule has 0 unspecified atom stereocenters. The Bertz CT molecular complexity index is 1250. The van der Waals surface area contributed by atoms with Gasteiger partial charge < -0.3 is 15.4 Å². The van der Waals surface area contributed by atoms with Crippen molar-refractivity contribution in [2.45, 2.75) is 25.8 Å². The number of halogens is 1. The Kier molecular flexibility index (Phi) is 6.01. The van der Waals surface area contributed by atoms with Crippen LogP contribution in [0.1, 0.15) is 45.7 Å². The highest BCUT2D eigenvalue weighted by Crippen LogP contribution is 2.32. The number of nitrogens with one attached hydrogen (secondary N) is 2. The molecule has 0 saturated heterocycles. The van der Waals surface area contributed by atoms with Crippen molar-refractivity contribution in [2.75, 3.05) is 12.4 Å². The van der Waals surface area contributed by atoms with Gasteiger partial charge in [-0.05, 0) is 74.4 Å². The molecule has 0 bridgehead atoms. The zero-order valence-electron chi connectivity index (χ0n) is 18.7. The third kappa shape index (κ3) is 5.12. The number of allylic oxidation sites excluding steroid dienone is 1. The van der Waals surface area contributed by atoms with E-state index in [4.69, 9.17) is 4.74 Å². The van der Waals surface area contributed by atoms with Gasteiger partial charge in [0.05, 0.1) is 7.11 Å². The summed E-state index contributed by atoms with van der Waals surface area (Å²) in [6, 6.07) is 17.9. The Balaban J connectivity index is 1.60. The number of fused-ring (bicyclic) bond motifs is 1. The zero-order chi connectivity index (χ0) is 23.6. The second-order valence-corrected chi connectivity index (χ2v) is 8.67. The smallest absolute Gasteiger partial charge is 0.255 e. The van der Waals surface area contributed by atoms with Gasteiger partial charge in [-0.1, -0.05) is 18.2 Å². The van der Waals surface area contributed by atoms with Crippen LogP contribution in [-0.4, -0.2) is 24.3 Å². The van der Waals surface area contributed by atoms with Crippen LogP contribution in [-0.2, 0) is 6.42 Å². The molecule has 0 spiro atoms. The predicted molar refractivity (Wildman–Crippen MR) is 127 cm³/mol. The summed E-state index contributed by atoms with van der Waals surface area (Å²) in [4.78, 5) is 25.6. The van der Waals surface area contributed by atoms with E-state index in [9.17, 15) is 14.0 Å². The van der Waals surface area contributed by atoms with Gasteiger partial charge in [-0.15, -0.1) is 0 Å². The van der Waals surface area contributed by atoms with E-state index in [0.717, 1.165) is 29.0 Å². The topological polar surface area (TPSA) is 67.4 Å². The first-order valence-corrected chi connectivity index (χ1v) is 10.6. The van der Waals surface area contributed by atoms with Gasteiger partial charge in [-0.25, -0.2) is 4.39 Å². The lowest BCUT2D eigenvalue weighted by atomic mass is 9.85. The fourth-order valence-electron chi connectivity index (χ4n) is 3.92. The van der Waals surface area contributed by atoms with Gasteiger partial charge in [0.15, 0.2) is 5.78 Å². The Morgan fingerprint density at radius 2 is 1.79 bits per heavy atom.